The number of amidine groups is 1. The number of carbonyl (C=O) groups excluding carboxylic acids is 1. The van der Waals surface area contributed by atoms with Gasteiger partial charge in [0.2, 0.25) is 5.37 Å². The zero-order valence-electron chi connectivity index (χ0n) is 6.63. The summed E-state index contributed by atoms with van der Waals surface area (Å²) in [4.78, 5) is 26.1. The van der Waals surface area contributed by atoms with E-state index < -0.39 is 10.3 Å². The van der Waals surface area contributed by atoms with Gasteiger partial charge in [0, 0.05) is 6.92 Å². The van der Waals surface area contributed by atoms with Crippen LogP contribution in [-0.2, 0) is 4.79 Å². The molecule has 0 aliphatic carbocycles. The van der Waals surface area contributed by atoms with Gasteiger partial charge in [-0.1, -0.05) is 11.8 Å². The first-order valence-corrected chi connectivity index (χ1v) is 4.44. The van der Waals surface area contributed by atoms with Crippen LogP contribution in [0.5, 0.6) is 0 Å². The van der Waals surface area contributed by atoms with Crippen LogP contribution in [0, 0.1) is 10.1 Å². The molecule has 0 spiro atoms. The summed E-state index contributed by atoms with van der Waals surface area (Å²) in [6.45, 7) is 1.58. The molecule has 0 aromatic carbocycles. The average molecular weight is 199 g/mol. The van der Waals surface area contributed by atoms with Crippen molar-refractivity contribution >= 4 is 23.5 Å². The number of hydrogen-bond donors (Lipinski definition) is 0. The van der Waals surface area contributed by atoms with E-state index in [2.05, 4.69) is 4.99 Å². The Balaban J connectivity index is 2.36. The zero-order valence-corrected chi connectivity index (χ0v) is 7.45. The van der Waals surface area contributed by atoms with E-state index in [1.54, 1.807) is 6.92 Å². The van der Waals surface area contributed by atoms with Crippen LogP contribution in [0.3, 0.4) is 0 Å². The minimum atomic E-state index is -0.541. The number of amides is 1. The van der Waals surface area contributed by atoms with Gasteiger partial charge >= 0.3 is 11.7 Å². The molecule has 0 aromatic heterocycles. The van der Waals surface area contributed by atoms with Gasteiger partial charge in [-0.3, -0.25) is 4.79 Å². The number of carbonyl (C=O) groups is 1. The Labute approximate surface area is 77.5 Å². The van der Waals surface area contributed by atoms with Gasteiger partial charge in [-0.05, 0) is 4.92 Å². The second-order valence-corrected chi connectivity index (χ2v) is 3.54. The monoisotopic (exact) mass is 199 g/mol. The van der Waals surface area contributed by atoms with E-state index >= 15 is 0 Å². The maximum atomic E-state index is 11.1. The van der Waals surface area contributed by atoms with Gasteiger partial charge < -0.3 is 10.1 Å². The predicted molar refractivity (Wildman–Crippen MR) is 46.4 cm³/mol. The highest BCUT2D eigenvalue weighted by Gasteiger charge is 2.47. The minimum Gasteiger partial charge on any atom is -0.358 e. The molecule has 6 nitrogen and oxygen atoms in total. The molecule has 68 valence electrons. The Morgan fingerprint density at radius 3 is 3.08 bits per heavy atom. The van der Waals surface area contributed by atoms with Crippen molar-refractivity contribution < 1.29 is 9.72 Å². The zero-order chi connectivity index (χ0) is 9.59. The topological polar surface area (TPSA) is 75.8 Å². The highest BCUT2D eigenvalue weighted by Crippen LogP contribution is 2.35. The number of nitro groups is 1. The van der Waals surface area contributed by atoms with E-state index in [4.69, 9.17) is 0 Å². The van der Waals surface area contributed by atoms with Crippen LogP contribution < -0.4 is 0 Å². The summed E-state index contributed by atoms with van der Waals surface area (Å²) >= 11 is 1.12. The molecule has 1 atom stereocenters. The third kappa shape index (κ3) is 1.04. The van der Waals surface area contributed by atoms with E-state index in [1.807, 2.05) is 0 Å². The first-order valence-electron chi connectivity index (χ1n) is 3.49. The molecule has 0 N–H and O–H groups in total. The number of nitrogens with zero attached hydrogens (tertiary/aromatic N) is 3. The van der Waals surface area contributed by atoms with Crippen LogP contribution in [0.15, 0.2) is 16.2 Å². The first kappa shape index (κ1) is 8.24. The quantitative estimate of drug-likeness (QED) is 0.451. The fraction of sp³-hybridized carbons (Fsp3) is 0.333. The van der Waals surface area contributed by atoms with Gasteiger partial charge in [0.15, 0.2) is 5.84 Å². The summed E-state index contributed by atoms with van der Waals surface area (Å²) < 4.78 is 0. The Kier molecular flexibility index (Phi) is 1.62. The third-order valence-corrected chi connectivity index (χ3v) is 2.82. The fourth-order valence-corrected chi connectivity index (χ4v) is 2.27. The summed E-state index contributed by atoms with van der Waals surface area (Å²) in [6, 6.07) is 0. The van der Waals surface area contributed by atoms with Crippen molar-refractivity contribution in [2.75, 3.05) is 0 Å². The molecule has 0 aromatic rings. The van der Waals surface area contributed by atoms with Crippen LogP contribution >= 0.6 is 11.8 Å². The highest BCUT2D eigenvalue weighted by molar-refractivity contribution is 8.03. The lowest BCUT2D eigenvalue weighted by Crippen LogP contribution is -2.32. The van der Waals surface area contributed by atoms with E-state index in [0.29, 0.717) is 5.84 Å². The number of aliphatic imine (C=N–C) groups is 1. The normalized spacial score (nSPS) is 25.8. The lowest BCUT2D eigenvalue weighted by molar-refractivity contribution is -0.440. The standard InChI is InChI=1S/C6H5N3O3S/c1-3-7-5(10)6-8(3)4(2-13-6)9(11)12/h2,6H,1H3. The first-order chi connectivity index (χ1) is 6.11. The molecule has 0 radical (unpaired) electrons. The number of fused-ring (bicyclic) bond motifs is 1. The maximum absolute atomic E-state index is 11.1. The van der Waals surface area contributed by atoms with Crippen molar-refractivity contribution in [3.63, 3.8) is 0 Å². The lowest BCUT2D eigenvalue weighted by Gasteiger charge is -2.10. The molecule has 2 heterocycles. The van der Waals surface area contributed by atoms with Gasteiger partial charge in [0.25, 0.3) is 0 Å². The third-order valence-electron chi connectivity index (χ3n) is 1.80. The molecule has 13 heavy (non-hydrogen) atoms. The maximum Gasteiger partial charge on any atom is 0.332 e. The molecule has 2 aliphatic rings. The summed E-state index contributed by atoms with van der Waals surface area (Å²) in [6.07, 6.45) is 0. The molecule has 7 heteroatoms. The molecule has 0 saturated carbocycles. The van der Waals surface area contributed by atoms with E-state index in [1.165, 1.54) is 10.3 Å². The van der Waals surface area contributed by atoms with Crippen molar-refractivity contribution in [2.45, 2.75) is 12.3 Å². The molecule has 1 unspecified atom stereocenters. The Bertz CT molecular complexity index is 362. The van der Waals surface area contributed by atoms with Gasteiger partial charge in [-0.25, -0.2) is 0 Å². The van der Waals surface area contributed by atoms with Crippen molar-refractivity contribution in [3.8, 4) is 0 Å². The number of rotatable bonds is 1. The summed E-state index contributed by atoms with van der Waals surface area (Å²) in [7, 11) is 0. The number of hydrogen-bond acceptors (Lipinski definition) is 5. The molecule has 0 fully saturated rings. The molecule has 0 bridgehead atoms. The van der Waals surface area contributed by atoms with E-state index in [9.17, 15) is 14.9 Å². The molecular formula is C6H5N3O3S. The Morgan fingerprint density at radius 2 is 2.46 bits per heavy atom. The summed E-state index contributed by atoms with van der Waals surface area (Å²) in [5.74, 6) is 0.000602. The van der Waals surface area contributed by atoms with Crippen molar-refractivity contribution in [1.29, 1.82) is 0 Å². The number of thioether (sulfide) groups is 1. The Morgan fingerprint density at radius 1 is 1.77 bits per heavy atom. The van der Waals surface area contributed by atoms with E-state index in [0.717, 1.165) is 11.8 Å². The van der Waals surface area contributed by atoms with Crippen molar-refractivity contribution in [3.05, 3.63) is 21.3 Å². The molecular weight excluding hydrogens is 194 g/mol. The van der Waals surface area contributed by atoms with Crippen LogP contribution in [0.1, 0.15) is 6.92 Å². The van der Waals surface area contributed by atoms with Crippen LogP contribution in [0.4, 0.5) is 0 Å². The van der Waals surface area contributed by atoms with Gasteiger partial charge in [0.1, 0.15) is 0 Å². The molecule has 2 rings (SSSR count). The predicted octanol–water partition coefficient (Wildman–Crippen LogP) is 0.395. The molecule has 2 aliphatic heterocycles. The summed E-state index contributed by atoms with van der Waals surface area (Å²) in [5, 5.41) is 11.3. The Hall–Kier alpha value is -1.37. The smallest absolute Gasteiger partial charge is 0.332 e. The minimum absolute atomic E-state index is 0.0675. The molecule has 1 amide bonds. The summed E-state index contributed by atoms with van der Waals surface area (Å²) in [5.41, 5.74) is 0. The fourth-order valence-electron chi connectivity index (χ4n) is 1.27. The highest BCUT2D eigenvalue weighted by atomic mass is 32.2. The van der Waals surface area contributed by atoms with Gasteiger partial charge in [-0.2, -0.15) is 9.89 Å². The second-order valence-electron chi connectivity index (χ2n) is 2.59. The van der Waals surface area contributed by atoms with Crippen LogP contribution in [-0.4, -0.2) is 26.9 Å². The molecule has 0 saturated heterocycles. The van der Waals surface area contributed by atoms with Crippen molar-refractivity contribution in [2.24, 2.45) is 4.99 Å². The largest absolute Gasteiger partial charge is 0.358 e. The SMILES string of the molecule is CC1=NC(=O)C2SC=C([N+](=O)[O-])N12. The van der Waals surface area contributed by atoms with Crippen LogP contribution in [0.25, 0.3) is 0 Å². The van der Waals surface area contributed by atoms with Crippen molar-refractivity contribution in [1.82, 2.24) is 4.90 Å². The second kappa shape index (κ2) is 2.56. The van der Waals surface area contributed by atoms with Crippen LogP contribution in [0.2, 0.25) is 0 Å². The van der Waals surface area contributed by atoms with E-state index in [-0.39, 0.29) is 11.7 Å². The van der Waals surface area contributed by atoms with Gasteiger partial charge in [-0.15, -0.1) is 0 Å². The lowest BCUT2D eigenvalue weighted by atomic mass is 10.5. The van der Waals surface area contributed by atoms with Gasteiger partial charge in [0.05, 0.1) is 5.41 Å². The average Bonchev–Trinajstić information content (AvgIpc) is 2.55.